The first-order chi connectivity index (χ1) is 10.5. The van der Waals surface area contributed by atoms with E-state index >= 15 is 0 Å². The zero-order valence-corrected chi connectivity index (χ0v) is 12.6. The van der Waals surface area contributed by atoms with Gasteiger partial charge in [-0.15, -0.1) is 0 Å². The first-order valence-electron chi connectivity index (χ1n) is 6.67. The van der Waals surface area contributed by atoms with E-state index in [9.17, 15) is 14.5 Å². The molecule has 2 rings (SSSR count). The van der Waals surface area contributed by atoms with E-state index < -0.39 is 10.7 Å². The highest BCUT2D eigenvalue weighted by Crippen LogP contribution is 2.35. The van der Waals surface area contributed by atoms with Crippen molar-refractivity contribution in [1.82, 2.24) is 15.1 Å². The molecule has 0 saturated heterocycles. The number of methoxy groups -OCH3 is 1. The van der Waals surface area contributed by atoms with Crippen LogP contribution in [0.15, 0.2) is 18.3 Å². The molecule has 0 radical (unpaired) electrons. The number of rotatable bonds is 6. The topological polar surface area (TPSA) is 82.2 Å². The third-order valence-electron chi connectivity index (χ3n) is 3.43. The van der Waals surface area contributed by atoms with Crippen molar-refractivity contribution in [1.29, 1.82) is 0 Å². The van der Waals surface area contributed by atoms with Gasteiger partial charge in [-0.1, -0.05) is 0 Å². The lowest BCUT2D eigenvalue weighted by molar-refractivity contribution is -0.385. The van der Waals surface area contributed by atoms with Gasteiger partial charge in [0.2, 0.25) is 0 Å². The molecule has 8 heteroatoms. The second kappa shape index (κ2) is 6.52. The highest BCUT2D eigenvalue weighted by molar-refractivity contribution is 5.71. The monoisotopic (exact) mass is 308 g/mol. The van der Waals surface area contributed by atoms with E-state index in [4.69, 9.17) is 4.74 Å². The van der Waals surface area contributed by atoms with Crippen molar-refractivity contribution in [2.45, 2.75) is 6.42 Å². The summed E-state index contributed by atoms with van der Waals surface area (Å²) in [4.78, 5) is 10.5. The van der Waals surface area contributed by atoms with Crippen LogP contribution in [0.1, 0.15) is 5.69 Å². The summed E-state index contributed by atoms with van der Waals surface area (Å²) in [5, 5.41) is 18.2. The predicted molar refractivity (Wildman–Crippen MR) is 79.4 cm³/mol. The van der Waals surface area contributed by atoms with Gasteiger partial charge in [-0.05, 0) is 7.05 Å². The fraction of sp³-hybridized carbons (Fsp3) is 0.357. The Labute approximate surface area is 126 Å². The highest BCUT2D eigenvalue weighted by atomic mass is 19.1. The van der Waals surface area contributed by atoms with Gasteiger partial charge in [0.25, 0.3) is 0 Å². The summed E-state index contributed by atoms with van der Waals surface area (Å²) in [6.07, 6.45) is 2.14. The summed E-state index contributed by atoms with van der Waals surface area (Å²) < 4.78 is 20.8. The second-order valence-corrected chi connectivity index (χ2v) is 4.74. The number of nitro groups is 1. The maximum absolute atomic E-state index is 14.3. The highest BCUT2D eigenvalue weighted by Gasteiger charge is 2.22. The smallest absolute Gasteiger partial charge is 0.311 e. The predicted octanol–water partition coefficient (Wildman–Crippen LogP) is 1.90. The molecule has 1 aromatic heterocycles. The van der Waals surface area contributed by atoms with Gasteiger partial charge in [0, 0.05) is 49.0 Å². The molecule has 7 nitrogen and oxygen atoms in total. The van der Waals surface area contributed by atoms with E-state index in [1.54, 1.807) is 11.7 Å². The Hall–Kier alpha value is -2.48. The molecule has 0 amide bonds. The van der Waals surface area contributed by atoms with Gasteiger partial charge >= 0.3 is 5.69 Å². The number of nitrogens with zero attached hydrogens (tertiary/aromatic N) is 3. The summed E-state index contributed by atoms with van der Waals surface area (Å²) in [6.45, 7) is 0.687. The van der Waals surface area contributed by atoms with Crippen molar-refractivity contribution < 1.29 is 14.1 Å². The first kappa shape index (κ1) is 15.9. The lowest BCUT2D eigenvalue weighted by atomic mass is 10.0. The number of nitro benzene ring substituents is 1. The van der Waals surface area contributed by atoms with Crippen molar-refractivity contribution in [2.75, 3.05) is 20.7 Å². The molecule has 22 heavy (non-hydrogen) atoms. The molecule has 0 aliphatic carbocycles. The normalized spacial score (nSPS) is 10.7. The van der Waals surface area contributed by atoms with Crippen molar-refractivity contribution in [2.24, 2.45) is 7.05 Å². The minimum atomic E-state index is -0.592. The van der Waals surface area contributed by atoms with E-state index in [0.29, 0.717) is 18.5 Å². The third kappa shape index (κ3) is 2.91. The Bertz CT molecular complexity index is 700. The van der Waals surface area contributed by atoms with Crippen LogP contribution in [0.25, 0.3) is 11.1 Å². The zero-order chi connectivity index (χ0) is 16.3. The molecular formula is C14H17FN4O3. The maximum Gasteiger partial charge on any atom is 0.311 e. The first-order valence-corrected chi connectivity index (χ1v) is 6.67. The average Bonchev–Trinajstić information content (AvgIpc) is 2.85. The van der Waals surface area contributed by atoms with E-state index in [0.717, 1.165) is 11.8 Å². The quantitative estimate of drug-likeness (QED) is 0.651. The molecule has 1 aromatic carbocycles. The molecular weight excluding hydrogens is 291 g/mol. The molecule has 0 aliphatic heterocycles. The molecule has 0 fully saturated rings. The Morgan fingerprint density at radius 2 is 2.18 bits per heavy atom. The summed E-state index contributed by atoms with van der Waals surface area (Å²) >= 11 is 0. The number of aromatic nitrogens is 2. The van der Waals surface area contributed by atoms with Crippen LogP contribution >= 0.6 is 0 Å². The Balaban J connectivity index is 2.58. The van der Waals surface area contributed by atoms with Gasteiger partial charge in [0.15, 0.2) is 5.75 Å². The lowest BCUT2D eigenvalue weighted by Crippen LogP contribution is -2.13. The van der Waals surface area contributed by atoms with E-state index in [1.165, 1.54) is 19.4 Å². The third-order valence-corrected chi connectivity index (χ3v) is 3.43. The van der Waals surface area contributed by atoms with Crippen LogP contribution in [-0.2, 0) is 13.5 Å². The van der Waals surface area contributed by atoms with Crippen molar-refractivity contribution in [3.8, 4) is 16.9 Å². The molecule has 0 atom stereocenters. The standard InChI is InChI=1S/C14H17FN4O3/c1-16-5-4-12-10(8-17-18(12)2)9-6-13(19(20)21)14(22-3)7-11(9)15/h6-8,16H,4-5H2,1-3H3. The van der Waals surface area contributed by atoms with Gasteiger partial charge in [-0.2, -0.15) is 5.10 Å². The SMILES string of the molecule is CNCCc1c(-c2cc([N+](=O)[O-])c(OC)cc2F)cnn1C. The van der Waals surface area contributed by atoms with Crippen LogP contribution < -0.4 is 10.1 Å². The van der Waals surface area contributed by atoms with Crippen molar-refractivity contribution in [3.63, 3.8) is 0 Å². The molecule has 0 spiro atoms. The van der Waals surface area contributed by atoms with Crippen LogP contribution in [0.5, 0.6) is 5.75 Å². The van der Waals surface area contributed by atoms with Crippen LogP contribution in [-0.4, -0.2) is 35.4 Å². The lowest BCUT2D eigenvalue weighted by Gasteiger charge is -2.09. The average molecular weight is 308 g/mol. The van der Waals surface area contributed by atoms with Gasteiger partial charge < -0.3 is 10.1 Å². The van der Waals surface area contributed by atoms with E-state index in [-0.39, 0.29) is 17.0 Å². The molecule has 0 saturated carbocycles. The van der Waals surface area contributed by atoms with Gasteiger partial charge in [-0.3, -0.25) is 14.8 Å². The summed E-state index contributed by atoms with van der Waals surface area (Å²) in [5.74, 6) is -0.687. The number of hydrogen-bond acceptors (Lipinski definition) is 5. The molecule has 2 aromatic rings. The summed E-state index contributed by atoms with van der Waals surface area (Å²) in [5.41, 5.74) is 1.21. The van der Waals surface area contributed by atoms with Crippen LogP contribution in [0, 0.1) is 15.9 Å². The zero-order valence-electron chi connectivity index (χ0n) is 12.6. The van der Waals surface area contributed by atoms with Gasteiger partial charge in [0.05, 0.1) is 18.2 Å². The fourth-order valence-corrected chi connectivity index (χ4v) is 2.28. The number of aryl methyl sites for hydroxylation is 1. The number of nitrogens with one attached hydrogen (secondary N) is 1. The van der Waals surface area contributed by atoms with Crippen LogP contribution in [0.3, 0.4) is 0 Å². The number of halogens is 1. The van der Waals surface area contributed by atoms with Crippen LogP contribution in [0.4, 0.5) is 10.1 Å². The largest absolute Gasteiger partial charge is 0.490 e. The Morgan fingerprint density at radius 1 is 1.45 bits per heavy atom. The molecule has 118 valence electrons. The number of ether oxygens (including phenoxy) is 1. The van der Waals surface area contributed by atoms with Crippen molar-refractivity contribution in [3.05, 3.63) is 40.0 Å². The summed E-state index contributed by atoms with van der Waals surface area (Å²) in [7, 11) is 4.84. The maximum atomic E-state index is 14.3. The fourth-order valence-electron chi connectivity index (χ4n) is 2.28. The van der Waals surface area contributed by atoms with Crippen LogP contribution in [0.2, 0.25) is 0 Å². The van der Waals surface area contributed by atoms with Gasteiger partial charge in [-0.25, -0.2) is 4.39 Å². The number of benzene rings is 1. The Morgan fingerprint density at radius 3 is 2.77 bits per heavy atom. The van der Waals surface area contributed by atoms with E-state index in [2.05, 4.69) is 10.4 Å². The van der Waals surface area contributed by atoms with E-state index in [1.807, 2.05) is 7.05 Å². The molecule has 1 heterocycles. The summed E-state index contributed by atoms with van der Waals surface area (Å²) in [6, 6.07) is 2.22. The molecule has 1 N–H and O–H groups in total. The Kier molecular flexibility index (Phi) is 4.71. The minimum Gasteiger partial charge on any atom is -0.490 e. The molecule has 0 unspecified atom stereocenters. The van der Waals surface area contributed by atoms with Gasteiger partial charge in [0.1, 0.15) is 5.82 Å². The molecule has 0 aliphatic rings. The minimum absolute atomic E-state index is 0.105. The number of hydrogen-bond donors (Lipinski definition) is 1. The number of likely N-dealkylation sites (N-methyl/N-ethyl adjacent to an activating group) is 1. The second-order valence-electron chi connectivity index (χ2n) is 4.74. The molecule has 0 bridgehead atoms. The van der Waals surface area contributed by atoms with Crippen molar-refractivity contribution >= 4 is 5.69 Å².